The van der Waals surface area contributed by atoms with Gasteiger partial charge in [0.15, 0.2) is 11.5 Å². The fourth-order valence-electron chi connectivity index (χ4n) is 4.67. The van der Waals surface area contributed by atoms with E-state index in [0.717, 1.165) is 42.1 Å². The summed E-state index contributed by atoms with van der Waals surface area (Å²) in [5.41, 5.74) is 3.51. The van der Waals surface area contributed by atoms with E-state index in [1.807, 2.05) is 18.2 Å². The lowest BCUT2D eigenvalue weighted by Gasteiger charge is -2.45. The van der Waals surface area contributed by atoms with Crippen molar-refractivity contribution in [1.82, 2.24) is 4.90 Å². The predicted octanol–water partition coefficient (Wildman–Crippen LogP) is 1.32. The summed E-state index contributed by atoms with van der Waals surface area (Å²) in [6.07, 6.45) is 1.48. The minimum atomic E-state index is -0.776. The van der Waals surface area contributed by atoms with Gasteiger partial charge in [0.25, 0.3) is 0 Å². The molecule has 126 valence electrons. The van der Waals surface area contributed by atoms with Crippen molar-refractivity contribution in [2.45, 2.75) is 44.1 Å². The third-order valence-corrected chi connectivity index (χ3v) is 5.55. The molecule has 3 heterocycles. The number of rotatable bonds is 1. The Hall–Kier alpha value is -2.05. The molecule has 1 fully saturated rings. The van der Waals surface area contributed by atoms with E-state index in [2.05, 4.69) is 4.90 Å². The average Bonchev–Trinajstić information content (AvgIpc) is 3.15. The maximum Gasteiger partial charge on any atom is 0.303 e. The number of aliphatic hydroxyl groups excluding tert-OH is 1. The largest absolute Gasteiger partial charge is 0.459 e. The first-order valence-corrected chi connectivity index (χ1v) is 8.34. The zero-order valence-corrected chi connectivity index (χ0v) is 13.4. The molecule has 1 N–H and O–H groups in total. The molecule has 1 saturated heterocycles. The second kappa shape index (κ2) is 4.97. The summed E-state index contributed by atoms with van der Waals surface area (Å²) in [5.74, 6) is 1.05. The molecular weight excluding hydrogens is 310 g/mol. The molecule has 24 heavy (non-hydrogen) atoms. The normalized spacial score (nSPS) is 32.8. The van der Waals surface area contributed by atoms with Crippen molar-refractivity contribution in [2.75, 3.05) is 13.3 Å². The number of benzene rings is 1. The van der Waals surface area contributed by atoms with Crippen LogP contribution in [0.5, 0.6) is 11.5 Å². The van der Waals surface area contributed by atoms with E-state index in [-0.39, 0.29) is 24.7 Å². The standard InChI is InChI=1S/C18H19NO5/c1-9(20)24-18-13(21)4-10-2-3-19-7-11-5-14-15(23-8-22-14)6-12(11)16(18)17(10)19/h4-6,13,16-18,21H,2-3,7-8H2,1H3/t13-,16+,17+,18-/m1/s1. The number of aliphatic hydroxyl groups is 1. The number of hydrogen-bond acceptors (Lipinski definition) is 6. The summed E-state index contributed by atoms with van der Waals surface area (Å²) >= 11 is 0. The maximum atomic E-state index is 11.6. The van der Waals surface area contributed by atoms with E-state index in [0.29, 0.717) is 0 Å². The maximum absolute atomic E-state index is 11.6. The Morgan fingerprint density at radius 1 is 1.33 bits per heavy atom. The van der Waals surface area contributed by atoms with Crippen molar-refractivity contribution < 1.29 is 24.1 Å². The lowest BCUT2D eigenvalue weighted by molar-refractivity contribution is -0.154. The van der Waals surface area contributed by atoms with Crippen LogP contribution in [0.1, 0.15) is 30.4 Å². The van der Waals surface area contributed by atoms with Gasteiger partial charge in [-0.1, -0.05) is 11.6 Å². The number of carbonyl (C=O) groups excluding carboxylic acids is 1. The Kier molecular flexibility index (Phi) is 2.96. The molecule has 6 nitrogen and oxygen atoms in total. The highest BCUT2D eigenvalue weighted by Gasteiger charge is 2.50. The number of fused-ring (bicyclic) bond motifs is 3. The van der Waals surface area contributed by atoms with Crippen LogP contribution >= 0.6 is 0 Å². The van der Waals surface area contributed by atoms with Gasteiger partial charge in [-0.2, -0.15) is 0 Å². The zero-order valence-electron chi connectivity index (χ0n) is 13.4. The van der Waals surface area contributed by atoms with Gasteiger partial charge < -0.3 is 19.3 Å². The van der Waals surface area contributed by atoms with Gasteiger partial charge >= 0.3 is 5.97 Å². The molecule has 1 aromatic carbocycles. The molecule has 0 aromatic heterocycles. The molecule has 1 aliphatic carbocycles. The Labute approximate surface area is 139 Å². The summed E-state index contributed by atoms with van der Waals surface area (Å²) in [5, 5.41) is 10.6. The number of ether oxygens (including phenoxy) is 3. The Bertz CT molecular complexity index is 758. The summed E-state index contributed by atoms with van der Waals surface area (Å²) < 4.78 is 16.6. The second-order valence-corrected chi connectivity index (χ2v) is 6.90. The topological polar surface area (TPSA) is 68.2 Å². The van der Waals surface area contributed by atoms with Crippen LogP contribution in [0.25, 0.3) is 0 Å². The summed E-state index contributed by atoms with van der Waals surface area (Å²) in [6.45, 7) is 3.42. The van der Waals surface area contributed by atoms with Gasteiger partial charge in [-0.15, -0.1) is 0 Å². The minimum absolute atomic E-state index is 0.0790. The van der Waals surface area contributed by atoms with Crippen LogP contribution in [0.2, 0.25) is 0 Å². The third-order valence-electron chi connectivity index (χ3n) is 5.55. The molecule has 0 saturated carbocycles. The van der Waals surface area contributed by atoms with Gasteiger partial charge in [-0.05, 0) is 29.7 Å². The van der Waals surface area contributed by atoms with Gasteiger partial charge in [0, 0.05) is 32.0 Å². The summed E-state index contributed by atoms with van der Waals surface area (Å²) in [4.78, 5) is 14.0. The molecule has 6 heteroatoms. The van der Waals surface area contributed by atoms with Crippen molar-refractivity contribution in [2.24, 2.45) is 0 Å². The van der Waals surface area contributed by atoms with Crippen LogP contribution in [0.3, 0.4) is 0 Å². The molecule has 1 aromatic rings. The van der Waals surface area contributed by atoms with Crippen LogP contribution in [0.15, 0.2) is 23.8 Å². The number of carbonyl (C=O) groups is 1. The molecule has 0 spiro atoms. The van der Waals surface area contributed by atoms with Crippen LogP contribution in [-0.4, -0.2) is 47.6 Å². The minimum Gasteiger partial charge on any atom is -0.459 e. The molecule has 4 aliphatic rings. The molecule has 0 amide bonds. The Balaban J connectivity index is 1.66. The fraction of sp³-hybridized carbons (Fsp3) is 0.500. The molecular formula is C18H19NO5. The van der Waals surface area contributed by atoms with Crippen molar-refractivity contribution >= 4 is 5.97 Å². The quantitative estimate of drug-likeness (QED) is 0.619. The fourth-order valence-corrected chi connectivity index (χ4v) is 4.67. The first-order chi connectivity index (χ1) is 11.6. The van der Waals surface area contributed by atoms with E-state index < -0.39 is 12.2 Å². The average molecular weight is 329 g/mol. The predicted molar refractivity (Wildman–Crippen MR) is 83.8 cm³/mol. The first-order valence-electron chi connectivity index (χ1n) is 8.34. The highest BCUT2D eigenvalue weighted by atomic mass is 16.7. The zero-order chi connectivity index (χ0) is 16.4. The molecule has 0 bridgehead atoms. The Morgan fingerprint density at radius 2 is 2.12 bits per heavy atom. The van der Waals surface area contributed by atoms with Gasteiger partial charge in [0.2, 0.25) is 6.79 Å². The number of nitrogens with zero attached hydrogens (tertiary/aromatic N) is 1. The van der Waals surface area contributed by atoms with Crippen molar-refractivity contribution in [3.05, 3.63) is 34.9 Å². The van der Waals surface area contributed by atoms with Crippen LogP contribution in [0.4, 0.5) is 0 Å². The lowest BCUT2D eigenvalue weighted by Crippen LogP contribution is -2.51. The van der Waals surface area contributed by atoms with Gasteiger partial charge in [-0.25, -0.2) is 0 Å². The van der Waals surface area contributed by atoms with Gasteiger partial charge in [-0.3, -0.25) is 9.69 Å². The molecule has 0 radical (unpaired) electrons. The molecule has 4 atom stereocenters. The molecule has 3 aliphatic heterocycles. The van der Waals surface area contributed by atoms with Crippen LogP contribution in [0, 0.1) is 0 Å². The number of esters is 1. The van der Waals surface area contributed by atoms with Crippen molar-refractivity contribution in [3.8, 4) is 11.5 Å². The van der Waals surface area contributed by atoms with Gasteiger partial charge in [0.05, 0.1) is 0 Å². The third kappa shape index (κ3) is 1.93. The second-order valence-electron chi connectivity index (χ2n) is 6.90. The highest BCUT2D eigenvalue weighted by molar-refractivity contribution is 5.66. The van der Waals surface area contributed by atoms with E-state index >= 15 is 0 Å². The summed E-state index contributed by atoms with van der Waals surface area (Å²) in [6, 6.07) is 4.22. The van der Waals surface area contributed by atoms with E-state index in [4.69, 9.17) is 14.2 Å². The monoisotopic (exact) mass is 329 g/mol. The van der Waals surface area contributed by atoms with Gasteiger partial charge in [0.1, 0.15) is 12.2 Å². The lowest BCUT2D eigenvalue weighted by atomic mass is 9.73. The smallest absolute Gasteiger partial charge is 0.303 e. The van der Waals surface area contributed by atoms with Crippen molar-refractivity contribution in [1.29, 1.82) is 0 Å². The summed E-state index contributed by atoms with van der Waals surface area (Å²) in [7, 11) is 0. The van der Waals surface area contributed by atoms with E-state index in [1.165, 1.54) is 12.5 Å². The molecule has 0 unspecified atom stereocenters. The molecule has 5 rings (SSSR count). The Morgan fingerprint density at radius 3 is 2.92 bits per heavy atom. The SMILES string of the molecule is CC(=O)O[C@H]1[C@H]2c3cc4c(cc3CN3CCC(=C[C@H]1O)[C@@H]23)OCO4. The van der Waals surface area contributed by atoms with Crippen LogP contribution < -0.4 is 9.47 Å². The van der Waals surface area contributed by atoms with Crippen LogP contribution in [-0.2, 0) is 16.1 Å². The highest BCUT2D eigenvalue weighted by Crippen LogP contribution is 2.50. The number of hydrogen-bond donors (Lipinski definition) is 1. The van der Waals surface area contributed by atoms with Crippen molar-refractivity contribution in [3.63, 3.8) is 0 Å². The van der Waals surface area contributed by atoms with E-state index in [9.17, 15) is 9.90 Å². The first kappa shape index (κ1) is 14.3. The van der Waals surface area contributed by atoms with E-state index in [1.54, 1.807) is 0 Å².